The molecule has 1 aliphatic heterocycles. The SMILES string of the molecule is Cc1c(C)c2c(c(Cl)c1Cl)S2=O. The van der Waals surface area contributed by atoms with Gasteiger partial charge in [-0.05, 0) is 25.0 Å². The third-order valence-electron chi connectivity index (χ3n) is 2.16. The Morgan fingerprint density at radius 3 is 2.17 bits per heavy atom. The first-order chi connectivity index (χ1) is 5.55. The molecule has 12 heavy (non-hydrogen) atoms. The second kappa shape index (κ2) is 2.47. The molecule has 2 rings (SSSR count). The molecule has 64 valence electrons. The van der Waals surface area contributed by atoms with Gasteiger partial charge in [0.2, 0.25) is 0 Å². The van der Waals surface area contributed by atoms with Crippen LogP contribution in [0, 0.1) is 13.8 Å². The van der Waals surface area contributed by atoms with Crippen LogP contribution in [0.3, 0.4) is 0 Å². The minimum Gasteiger partial charge on any atom is -0.249 e. The van der Waals surface area contributed by atoms with Crippen LogP contribution < -0.4 is 0 Å². The van der Waals surface area contributed by atoms with E-state index in [1.165, 1.54) is 0 Å². The monoisotopic (exact) mass is 220 g/mol. The summed E-state index contributed by atoms with van der Waals surface area (Å²) in [4.78, 5) is 1.60. The van der Waals surface area contributed by atoms with Crippen molar-refractivity contribution >= 4 is 34.0 Å². The minimum atomic E-state index is -0.975. The van der Waals surface area contributed by atoms with Crippen molar-refractivity contribution in [3.05, 3.63) is 21.2 Å². The Bertz CT molecular complexity index is 375. The Morgan fingerprint density at radius 1 is 1.00 bits per heavy atom. The maximum Gasteiger partial charge on any atom is 0.0893 e. The van der Waals surface area contributed by atoms with Gasteiger partial charge in [-0.1, -0.05) is 23.2 Å². The molecule has 1 aliphatic rings. The summed E-state index contributed by atoms with van der Waals surface area (Å²) in [6.07, 6.45) is 0. The molecule has 1 nitrogen and oxygen atoms in total. The van der Waals surface area contributed by atoms with Gasteiger partial charge >= 0.3 is 0 Å². The van der Waals surface area contributed by atoms with Gasteiger partial charge in [-0.2, -0.15) is 0 Å². The van der Waals surface area contributed by atoms with Gasteiger partial charge in [0.25, 0.3) is 0 Å². The van der Waals surface area contributed by atoms with E-state index in [1.54, 1.807) is 0 Å². The molecular weight excluding hydrogens is 215 g/mol. The van der Waals surface area contributed by atoms with Gasteiger partial charge < -0.3 is 0 Å². The van der Waals surface area contributed by atoms with Crippen molar-refractivity contribution in [3.63, 3.8) is 0 Å². The van der Waals surface area contributed by atoms with Gasteiger partial charge in [-0.25, -0.2) is 4.21 Å². The van der Waals surface area contributed by atoms with Crippen LogP contribution in [0.1, 0.15) is 11.1 Å². The molecule has 1 atom stereocenters. The van der Waals surface area contributed by atoms with Gasteiger partial charge in [-0.3, -0.25) is 0 Å². The van der Waals surface area contributed by atoms with E-state index >= 15 is 0 Å². The van der Waals surface area contributed by atoms with Crippen LogP contribution in [0.15, 0.2) is 9.79 Å². The van der Waals surface area contributed by atoms with E-state index in [2.05, 4.69) is 0 Å². The zero-order chi connectivity index (χ0) is 9.04. The molecule has 0 aliphatic carbocycles. The average Bonchev–Trinajstić information content (AvgIpc) is 2.70. The van der Waals surface area contributed by atoms with Crippen LogP contribution in [0.5, 0.6) is 0 Å². The number of rotatable bonds is 0. The smallest absolute Gasteiger partial charge is 0.0893 e. The summed E-state index contributed by atoms with van der Waals surface area (Å²) in [6.45, 7) is 3.81. The van der Waals surface area contributed by atoms with Crippen molar-refractivity contribution in [2.45, 2.75) is 23.6 Å². The number of halogens is 2. The fourth-order valence-corrected chi connectivity index (χ4v) is 3.34. The summed E-state index contributed by atoms with van der Waals surface area (Å²) in [5.41, 5.74) is 1.95. The van der Waals surface area contributed by atoms with Crippen molar-refractivity contribution in [2.24, 2.45) is 0 Å². The van der Waals surface area contributed by atoms with E-state index < -0.39 is 10.8 Å². The Labute approximate surface area is 83.1 Å². The standard InChI is InChI=1S/C8H6Cl2OS/c1-3-4(2)7-8(12(7)11)6(10)5(3)9/h1-2H3. The van der Waals surface area contributed by atoms with Crippen LogP contribution in [0.25, 0.3) is 0 Å². The van der Waals surface area contributed by atoms with Crippen LogP contribution in [0.2, 0.25) is 10.0 Å². The van der Waals surface area contributed by atoms with Crippen LogP contribution >= 0.6 is 23.2 Å². The average molecular weight is 221 g/mol. The quantitative estimate of drug-likeness (QED) is 0.624. The predicted octanol–water partition coefficient (Wildman–Crippen LogP) is 3.09. The van der Waals surface area contributed by atoms with Crippen molar-refractivity contribution in [2.75, 3.05) is 0 Å². The summed E-state index contributed by atoms with van der Waals surface area (Å²) in [5.74, 6) is 0. The summed E-state index contributed by atoms with van der Waals surface area (Å²) in [6, 6.07) is 0. The molecule has 1 aromatic carbocycles. The molecule has 0 amide bonds. The van der Waals surface area contributed by atoms with E-state index in [0.717, 1.165) is 20.9 Å². The summed E-state index contributed by atoms with van der Waals surface area (Å²) < 4.78 is 11.3. The van der Waals surface area contributed by atoms with Gasteiger partial charge in [0.15, 0.2) is 0 Å². The van der Waals surface area contributed by atoms with Crippen molar-refractivity contribution in [1.82, 2.24) is 0 Å². The molecule has 0 fully saturated rings. The van der Waals surface area contributed by atoms with E-state index in [9.17, 15) is 4.21 Å². The minimum absolute atomic E-state index is 0.466. The Morgan fingerprint density at radius 2 is 1.58 bits per heavy atom. The number of hydrogen-bond acceptors (Lipinski definition) is 1. The van der Waals surface area contributed by atoms with Gasteiger partial charge in [0.05, 0.1) is 30.6 Å². The van der Waals surface area contributed by atoms with Gasteiger partial charge in [0, 0.05) is 0 Å². The molecule has 0 saturated carbocycles. The molecule has 0 bridgehead atoms. The van der Waals surface area contributed by atoms with Gasteiger partial charge in [0.1, 0.15) is 0 Å². The third kappa shape index (κ3) is 0.889. The summed E-state index contributed by atoms with van der Waals surface area (Å²) >= 11 is 11.8. The van der Waals surface area contributed by atoms with E-state index in [4.69, 9.17) is 23.2 Å². The third-order valence-corrected chi connectivity index (χ3v) is 4.67. The second-order valence-electron chi connectivity index (χ2n) is 2.80. The van der Waals surface area contributed by atoms with Crippen molar-refractivity contribution in [1.29, 1.82) is 0 Å². The predicted molar refractivity (Wildman–Crippen MR) is 50.6 cm³/mol. The molecule has 0 N–H and O–H groups in total. The zero-order valence-electron chi connectivity index (χ0n) is 6.57. The highest BCUT2D eigenvalue weighted by molar-refractivity contribution is 7.91. The van der Waals surface area contributed by atoms with E-state index in [-0.39, 0.29) is 0 Å². The lowest BCUT2D eigenvalue weighted by molar-refractivity contribution is 0.692. The molecule has 4 heteroatoms. The highest BCUT2D eigenvalue weighted by atomic mass is 35.5. The molecule has 0 spiro atoms. The van der Waals surface area contributed by atoms with Gasteiger partial charge in [-0.15, -0.1) is 0 Å². The molecule has 0 aromatic heterocycles. The Kier molecular flexibility index (Phi) is 1.76. The highest BCUT2D eigenvalue weighted by Crippen LogP contribution is 2.49. The van der Waals surface area contributed by atoms with E-state index in [1.807, 2.05) is 13.8 Å². The largest absolute Gasteiger partial charge is 0.249 e. The molecule has 1 heterocycles. The van der Waals surface area contributed by atoms with E-state index in [0.29, 0.717) is 10.0 Å². The number of hydrogen-bond donors (Lipinski definition) is 0. The molecule has 1 aromatic rings. The second-order valence-corrected chi connectivity index (χ2v) is 4.91. The molecule has 1 unspecified atom stereocenters. The highest BCUT2D eigenvalue weighted by Gasteiger charge is 2.36. The number of benzene rings is 1. The normalized spacial score (nSPS) is 19.2. The first-order valence-corrected chi connectivity index (χ1v) is 5.36. The Balaban J connectivity index is 2.84. The maximum absolute atomic E-state index is 11.3. The molecular formula is C8H6Cl2OS. The number of fused-ring (bicyclic) bond motifs is 1. The fourth-order valence-electron chi connectivity index (χ4n) is 1.22. The molecule has 0 radical (unpaired) electrons. The van der Waals surface area contributed by atoms with Crippen molar-refractivity contribution < 1.29 is 4.21 Å². The van der Waals surface area contributed by atoms with Crippen molar-refractivity contribution in [3.8, 4) is 0 Å². The summed E-state index contributed by atoms with van der Waals surface area (Å²) in [7, 11) is -0.975. The lowest BCUT2D eigenvalue weighted by Crippen LogP contribution is -1.81. The van der Waals surface area contributed by atoms with Crippen LogP contribution in [-0.4, -0.2) is 4.21 Å². The first-order valence-electron chi connectivity index (χ1n) is 3.45. The maximum atomic E-state index is 11.3. The van der Waals surface area contributed by atoms with Crippen LogP contribution in [0.4, 0.5) is 0 Å². The topological polar surface area (TPSA) is 17.1 Å². The molecule has 0 saturated heterocycles. The fraction of sp³-hybridized carbons (Fsp3) is 0.250. The first kappa shape index (κ1) is 8.54. The summed E-state index contributed by atoms with van der Waals surface area (Å²) in [5, 5.41) is 1.01. The lowest BCUT2D eigenvalue weighted by atomic mass is 10.1. The zero-order valence-corrected chi connectivity index (χ0v) is 8.90. The van der Waals surface area contributed by atoms with Crippen LogP contribution in [-0.2, 0) is 10.8 Å². The lowest BCUT2D eigenvalue weighted by Gasteiger charge is -2.00. The Hall–Kier alpha value is -0.0500.